The van der Waals surface area contributed by atoms with Gasteiger partial charge in [0.05, 0.1) is 4.92 Å². The topological polar surface area (TPSA) is 122 Å². The Morgan fingerprint density at radius 3 is 2.54 bits per heavy atom. The Labute approximate surface area is 310 Å². The van der Waals surface area contributed by atoms with Gasteiger partial charge in [0.25, 0.3) is 5.70 Å². The lowest BCUT2D eigenvalue weighted by Crippen LogP contribution is -2.57. The zero-order chi connectivity index (χ0) is 36.5. The summed E-state index contributed by atoms with van der Waals surface area (Å²) < 4.78 is 0. The molecule has 0 bridgehead atoms. The third-order valence-electron chi connectivity index (χ3n) is 13.8. The van der Waals surface area contributed by atoms with Crippen LogP contribution in [0.2, 0.25) is 0 Å². The number of carbonyl (C=O) groups is 1. The van der Waals surface area contributed by atoms with Crippen LogP contribution in [0.25, 0.3) is 0 Å². The Balaban J connectivity index is 1.09. The van der Waals surface area contributed by atoms with Crippen LogP contribution in [0.15, 0.2) is 87.0 Å². The minimum absolute atomic E-state index is 0.0149. The summed E-state index contributed by atoms with van der Waals surface area (Å²) in [5, 5.41) is 24.1. The van der Waals surface area contributed by atoms with E-state index in [1.165, 1.54) is 51.4 Å². The lowest BCUT2D eigenvalue weighted by Gasteiger charge is -2.53. The molecule has 3 N–H and O–H groups in total. The summed E-state index contributed by atoms with van der Waals surface area (Å²) in [5.74, 6) is 2.89. The lowest BCUT2D eigenvalue weighted by molar-refractivity contribution is -0.419. The van der Waals surface area contributed by atoms with E-state index in [4.69, 9.17) is 10.7 Å². The predicted molar refractivity (Wildman–Crippen MR) is 208 cm³/mol. The van der Waals surface area contributed by atoms with Crippen molar-refractivity contribution in [2.75, 3.05) is 13.1 Å². The molecule has 0 aromatic carbocycles. The second-order valence-electron chi connectivity index (χ2n) is 17.3. The number of likely N-dealkylation sites (tertiary alicyclic amines) is 1. The first-order valence-electron chi connectivity index (χ1n) is 20.4. The van der Waals surface area contributed by atoms with Gasteiger partial charge in [-0.1, -0.05) is 49.8 Å². The number of aliphatic hydroxyl groups excluding tert-OH is 1. The molecule has 0 aromatic heterocycles. The van der Waals surface area contributed by atoms with Crippen molar-refractivity contribution < 1.29 is 14.8 Å². The van der Waals surface area contributed by atoms with Gasteiger partial charge in [0.15, 0.2) is 0 Å². The number of carbonyl (C=O) groups excluding carboxylic acids is 1. The lowest BCUT2D eigenvalue weighted by atomic mass is 9.63. The van der Waals surface area contributed by atoms with E-state index in [-0.39, 0.29) is 46.3 Å². The van der Waals surface area contributed by atoms with Crippen LogP contribution < -0.4 is 5.73 Å². The maximum atomic E-state index is 13.9. The van der Waals surface area contributed by atoms with Gasteiger partial charge in [-0.05, 0) is 137 Å². The van der Waals surface area contributed by atoms with E-state index in [0.717, 1.165) is 50.3 Å². The molecular formula is C44H60N4O4. The summed E-state index contributed by atoms with van der Waals surface area (Å²) in [5.41, 5.74) is 11.1. The Hall–Kier alpha value is -3.52. The Morgan fingerprint density at radius 2 is 1.88 bits per heavy atom. The Morgan fingerprint density at radius 1 is 1.08 bits per heavy atom. The van der Waals surface area contributed by atoms with Gasteiger partial charge in [-0.15, -0.1) is 0 Å². The number of hydrogen-bond acceptors (Lipinski definition) is 7. The molecule has 1 saturated heterocycles. The molecule has 5 aliphatic carbocycles. The first-order valence-corrected chi connectivity index (χ1v) is 20.4. The van der Waals surface area contributed by atoms with E-state index >= 15 is 0 Å². The normalized spacial score (nSPS) is 32.8. The maximum absolute atomic E-state index is 13.9. The Bertz CT molecular complexity index is 1660. The molecule has 2 heterocycles. The van der Waals surface area contributed by atoms with Crippen molar-refractivity contribution in [2.24, 2.45) is 58.1 Å². The molecule has 8 heteroatoms. The standard InChI is InChI=1S/C44H60N4O4/c1-27(2)36-18-19-37(36)40(49)24-38-28(3)46-44(45)42(41(38)31-16-10-11-17-35(23-31)48(51)52)43(50)33-21-32(22-33)34-25-47(26-34)39(30-14-8-5-9-15-30)20-29-12-6-4-7-13-29/h4,6,10,14,16-17,23,27,29,32-34,36-37,39,41,50H,5,7-9,11-13,15,18-22,24-26H2,1-3H3,(H2,45,46). The number of amidine groups is 1. The predicted octanol–water partition coefficient (Wildman–Crippen LogP) is 9.32. The minimum Gasteiger partial charge on any atom is -0.512 e. The number of allylic oxidation sites excluding steroid dienone is 11. The van der Waals surface area contributed by atoms with E-state index in [1.54, 1.807) is 17.7 Å². The summed E-state index contributed by atoms with van der Waals surface area (Å²) >= 11 is 0. The van der Waals surface area contributed by atoms with Gasteiger partial charge >= 0.3 is 0 Å². The van der Waals surface area contributed by atoms with Crippen molar-refractivity contribution in [1.29, 1.82) is 0 Å². The number of Topliss-reactive ketones (excluding diaryl/α,β-unsaturated/α-hetero) is 1. The largest absolute Gasteiger partial charge is 0.512 e. The van der Waals surface area contributed by atoms with E-state index in [9.17, 15) is 20.0 Å². The highest BCUT2D eigenvalue weighted by molar-refractivity contribution is 6.01. The molecule has 8 nitrogen and oxygen atoms in total. The fourth-order valence-corrected chi connectivity index (χ4v) is 10.4. The van der Waals surface area contributed by atoms with Crippen molar-refractivity contribution in [3.05, 3.63) is 92.1 Å². The van der Waals surface area contributed by atoms with Crippen LogP contribution >= 0.6 is 0 Å². The highest BCUT2D eigenvalue weighted by atomic mass is 16.6. The molecule has 3 fully saturated rings. The van der Waals surface area contributed by atoms with Crippen LogP contribution in [-0.2, 0) is 4.79 Å². The average Bonchev–Trinajstić information content (AvgIpc) is 3.32. The van der Waals surface area contributed by atoms with Gasteiger partial charge in [-0.3, -0.25) is 19.8 Å². The fraction of sp³-hybridized carbons (Fsp3) is 0.636. The number of ketones is 1. The molecule has 0 radical (unpaired) electrons. The maximum Gasteiger partial charge on any atom is 0.266 e. The summed E-state index contributed by atoms with van der Waals surface area (Å²) in [7, 11) is 0. The second-order valence-corrected chi connectivity index (χ2v) is 17.3. The van der Waals surface area contributed by atoms with Crippen molar-refractivity contribution in [3.63, 3.8) is 0 Å². The quantitative estimate of drug-likeness (QED) is 0.0902. The van der Waals surface area contributed by atoms with Crippen LogP contribution in [0.5, 0.6) is 0 Å². The number of nitrogens with zero attached hydrogens (tertiary/aromatic N) is 3. The second kappa shape index (κ2) is 15.8. The molecule has 5 unspecified atom stereocenters. The number of nitrogens with two attached hydrogens (primary N) is 1. The molecule has 2 aliphatic heterocycles. The van der Waals surface area contributed by atoms with Gasteiger partial charge in [-0.2, -0.15) is 0 Å². The molecule has 0 spiro atoms. The van der Waals surface area contributed by atoms with Gasteiger partial charge in [-0.25, -0.2) is 4.99 Å². The van der Waals surface area contributed by atoms with Crippen molar-refractivity contribution in [2.45, 2.75) is 117 Å². The molecule has 52 heavy (non-hydrogen) atoms. The van der Waals surface area contributed by atoms with E-state index < -0.39 is 5.92 Å². The smallest absolute Gasteiger partial charge is 0.266 e. The molecule has 0 amide bonds. The number of nitro groups is 1. The van der Waals surface area contributed by atoms with Crippen molar-refractivity contribution in [3.8, 4) is 0 Å². The highest BCUT2D eigenvalue weighted by Crippen LogP contribution is 2.50. The van der Waals surface area contributed by atoms with Crippen LogP contribution in [0.3, 0.4) is 0 Å². The van der Waals surface area contributed by atoms with Crippen LogP contribution in [0, 0.1) is 57.5 Å². The fourth-order valence-electron chi connectivity index (χ4n) is 10.4. The monoisotopic (exact) mass is 708 g/mol. The molecule has 7 aliphatic rings. The molecular weight excluding hydrogens is 649 g/mol. The molecule has 7 rings (SSSR count). The van der Waals surface area contributed by atoms with E-state index in [0.29, 0.717) is 53.0 Å². The average molecular weight is 709 g/mol. The first kappa shape index (κ1) is 36.8. The van der Waals surface area contributed by atoms with Gasteiger partial charge < -0.3 is 10.8 Å². The first-order chi connectivity index (χ1) is 25.1. The Kier molecular flexibility index (Phi) is 11.2. The van der Waals surface area contributed by atoms with Crippen molar-refractivity contribution in [1.82, 2.24) is 4.90 Å². The van der Waals surface area contributed by atoms with Crippen LogP contribution in [0.1, 0.15) is 111 Å². The van der Waals surface area contributed by atoms with E-state index in [2.05, 4.69) is 37.0 Å². The third kappa shape index (κ3) is 7.60. The summed E-state index contributed by atoms with van der Waals surface area (Å²) in [4.78, 5) is 33.0. The zero-order valence-corrected chi connectivity index (χ0v) is 31.6. The molecule has 0 aromatic rings. The molecule has 5 atom stereocenters. The summed E-state index contributed by atoms with van der Waals surface area (Å²) in [6.45, 7) is 8.51. The SMILES string of the molecule is CC1=C(CC(=O)C2CCC2C(C)C)C(C2=CC([N+](=O)[O-])=CCC=C2)C(=C(O)C2CC(C3CN(C(CC4CC=CCC4)C4=CCCCC4)C3)C2)C(N)=N1. The summed E-state index contributed by atoms with van der Waals surface area (Å²) in [6.07, 6.45) is 28.8. The van der Waals surface area contributed by atoms with Gasteiger partial charge in [0, 0.05) is 60.7 Å². The van der Waals surface area contributed by atoms with Crippen LogP contribution in [-0.4, -0.2) is 45.7 Å². The van der Waals surface area contributed by atoms with Crippen molar-refractivity contribution >= 4 is 11.6 Å². The highest BCUT2D eigenvalue weighted by Gasteiger charge is 2.47. The molecule has 280 valence electrons. The number of hydrogen-bond donors (Lipinski definition) is 2. The molecule has 2 saturated carbocycles. The van der Waals surface area contributed by atoms with E-state index in [1.807, 2.05) is 19.1 Å². The zero-order valence-electron chi connectivity index (χ0n) is 31.6. The number of aliphatic imine (C=N–C) groups is 1. The number of aliphatic hydroxyl groups is 1. The van der Waals surface area contributed by atoms with Crippen LogP contribution in [0.4, 0.5) is 0 Å². The summed E-state index contributed by atoms with van der Waals surface area (Å²) in [6, 6.07) is 0.573. The van der Waals surface area contributed by atoms with Gasteiger partial charge in [0.2, 0.25) is 0 Å². The number of rotatable bonds is 12. The third-order valence-corrected chi connectivity index (χ3v) is 13.8. The van der Waals surface area contributed by atoms with Gasteiger partial charge in [0.1, 0.15) is 17.4 Å². The minimum atomic E-state index is -0.561.